The Hall–Kier alpha value is -3.02. The average molecular weight is 382 g/mol. The van der Waals surface area contributed by atoms with Crippen molar-refractivity contribution in [2.24, 2.45) is 0 Å². The number of hydrogen-bond acceptors (Lipinski definition) is 5. The van der Waals surface area contributed by atoms with E-state index >= 15 is 0 Å². The zero-order valence-electron chi connectivity index (χ0n) is 16.7. The zero-order valence-corrected chi connectivity index (χ0v) is 16.7. The van der Waals surface area contributed by atoms with Crippen LogP contribution in [0.4, 0.5) is 16.2 Å². The van der Waals surface area contributed by atoms with E-state index in [2.05, 4.69) is 10.2 Å². The highest BCUT2D eigenvalue weighted by atomic mass is 16.6. The van der Waals surface area contributed by atoms with Crippen LogP contribution in [0.5, 0.6) is 5.75 Å². The van der Waals surface area contributed by atoms with Crippen molar-refractivity contribution in [3.63, 3.8) is 0 Å². The van der Waals surface area contributed by atoms with Crippen molar-refractivity contribution in [3.05, 3.63) is 54.1 Å². The van der Waals surface area contributed by atoms with Crippen molar-refractivity contribution in [2.75, 3.05) is 16.8 Å². The Morgan fingerprint density at radius 3 is 2.54 bits per heavy atom. The van der Waals surface area contributed by atoms with Crippen LogP contribution in [0.3, 0.4) is 0 Å². The van der Waals surface area contributed by atoms with E-state index in [-0.39, 0.29) is 5.78 Å². The second-order valence-electron chi connectivity index (χ2n) is 7.89. The maximum Gasteiger partial charge on any atom is 0.412 e. The number of Topliss-reactive ketones (excluding diaryl/α,β-unsaturated/α-hetero) is 1. The number of anilines is 2. The predicted octanol–water partition coefficient (Wildman–Crippen LogP) is 4.39. The van der Waals surface area contributed by atoms with Gasteiger partial charge in [-0.25, -0.2) is 4.79 Å². The number of amides is 1. The molecule has 0 radical (unpaired) electrons. The molecular formula is C22H26N2O4. The molecule has 1 aliphatic heterocycles. The van der Waals surface area contributed by atoms with Gasteiger partial charge in [-0.1, -0.05) is 30.3 Å². The number of fused-ring (bicyclic) bond motifs is 1. The molecule has 1 atom stereocenters. The highest BCUT2D eigenvalue weighted by molar-refractivity contribution is 5.87. The van der Waals surface area contributed by atoms with Gasteiger partial charge in [-0.3, -0.25) is 10.1 Å². The zero-order chi connectivity index (χ0) is 20.3. The van der Waals surface area contributed by atoms with Crippen molar-refractivity contribution in [2.45, 2.75) is 45.9 Å². The van der Waals surface area contributed by atoms with Gasteiger partial charge in [0.15, 0.2) is 11.9 Å². The largest absolute Gasteiger partial charge is 0.479 e. The molecule has 0 saturated carbocycles. The third-order valence-corrected chi connectivity index (χ3v) is 4.27. The Kier molecular flexibility index (Phi) is 5.58. The lowest BCUT2D eigenvalue weighted by Gasteiger charge is -2.35. The third-order valence-electron chi connectivity index (χ3n) is 4.27. The van der Waals surface area contributed by atoms with E-state index in [4.69, 9.17) is 9.47 Å². The number of hydrogen-bond donors (Lipinski definition) is 1. The molecule has 1 aliphatic rings. The first-order chi connectivity index (χ1) is 13.2. The Morgan fingerprint density at radius 2 is 1.89 bits per heavy atom. The molecular weight excluding hydrogens is 356 g/mol. The molecule has 3 rings (SSSR count). The summed E-state index contributed by atoms with van der Waals surface area (Å²) in [5, 5.41) is 2.76. The summed E-state index contributed by atoms with van der Waals surface area (Å²) in [5.74, 6) is 0.608. The van der Waals surface area contributed by atoms with Gasteiger partial charge in [0.05, 0.1) is 12.2 Å². The summed E-state index contributed by atoms with van der Waals surface area (Å²) in [4.78, 5) is 26.1. The lowest BCUT2D eigenvalue weighted by Crippen LogP contribution is -2.43. The molecule has 0 spiro atoms. The third kappa shape index (κ3) is 5.03. The predicted molar refractivity (Wildman–Crippen MR) is 109 cm³/mol. The van der Waals surface area contributed by atoms with Crippen LogP contribution in [0.1, 0.15) is 33.3 Å². The Balaban J connectivity index is 1.86. The number of ketones is 1. The fourth-order valence-corrected chi connectivity index (χ4v) is 3.02. The van der Waals surface area contributed by atoms with Crippen LogP contribution >= 0.6 is 0 Å². The van der Waals surface area contributed by atoms with Crippen molar-refractivity contribution in [3.8, 4) is 5.75 Å². The average Bonchev–Trinajstić information content (AvgIpc) is 2.61. The number of ether oxygens (including phenoxy) is 2. The summed E-state index contributed by atoms with van der Waals surface area (Å²) < 4.78 is 11.2. The van der Waals surface area contributed by atoms with Crippen molar-refractivity contribution < 1.29 is 19.1 Å². The standard InChI is InChI=1S/C22H26N2O4/c1-15(25)20-14-24(13-16-8-6-5-7-9-16)18-12-17(10-11-19(18)27-20)23-21(26)28-22(2,3)4/h5-12,20H,13-14H2,1-4H3,(H,23,26). The van der Waals surface area contributed by atoms with Gasteiger partial charge in [0.2, 0.25) is 0 Å². The molecule has 148 valence electrons. The van der Waals surface area contributed by atoms with Crippen molar-refractivity contribution in [1.29, 1.82) is 0 Å². The molecule has 1 N–H and O–H groups in total. The molecule has 0 aromatic heterocycles. The van der Waals surface area contributed by atoms with E-state index in [1.54, 1.807) is 12.1 Å². The van der Waals surface area contributed by atoms with Crippen molar-refractivity contribution in [1.82, 2.24) is 0 Å². The molecule has 0 aliphatic carbocycles. The van der Waals surface area contributed by atoms with Crippen molar-refractivity contribution >= 4 is 23.3 Å². The number of nitrogens with one attached hydrogen (secondary N) is 1. The maximum atomic E-state index is 12.1. The number of nitrogens with zero attached hydrogens (tertiary/aromatic N) is 1. The minimum Gasteiger partial charge on any atom is -0.479 e. The van der Waals surface area contributed by atoms with E-state index in [1.165, 1.54) is 6.92 Å². The van der Waals surface area contributed by atoms with Crippen LogP contribution in [-0.4, -0.2) is 30.1 Å². The summed E-state index contributed by atoms with van der Waals surface area (Å²) in [7, 11) is 0. The van der Waals surface area contributed by atoms with Gasteiger partial charge in [0.25, 0.3) is 0 Å². The summed E-state index contributed by atoms with van der Waals surface area (Å²) in [6.07, 6.45) is -1.03. The smallest absolute Gasteiger partial charge is 0.412 e. The molecule has 1 unspecified atom stereocenters. The first-order valence-corrected chi connectivity index (χ1v) is 9.31. The van der Waals surface area contributed by atoms with Gasteiger partial charge in [-0.2, -0.15) is 0 Å². The Labute approximate surface area is 165 Å². The SMILES string of the molecule is CC(=O)C1CN(Cc2ccccc2)c2cc(NC(=O)OC(C)(C)C)ccc2O1. The number of carbonyl (C=O) groups is 2. The first-order valence-electron chi connectivity index (χ1n) is 9.31. The van der Waals surface area contributed by atoms with E-state index in [1.807, 2.05) is 57.2 Å². The fourth-order valence-electron chi connectivity index (χ4n) is 3.02. The quantitative estimate of drug-likeness (QED) is 0.849. The maximum absolute atomic E-state index is 12.1. The second kappa shape index (κ2) is 7.92. The molecule has 0 bridgehead atoms. The van der Waals surface area contributed by atoms with Crippen LogP contribution in [-0.2, 0) is 16.1 Å². The summed E-state index contributed by atoms with van der Waals surface area (Å²) in [6, 6.07) is 15.4. The van der Waals surface area contributed by atoms with Gasteiger partial charge in [-0.15, -0.1) is 0 Å². The van der Waals surface area contributed by atoms with E-state index in [9.17, 15) is 9.59 Å². The molecule has 0 fully saturated rings. The second-order valence-corrected chi connectivity index (χ2v) is 7.89. The number of carbonyl (C=O) groups excluding carboxylic acids is 2. The molecule has 6 heteroatoms. The van der Waals surface area contributed by atoms with E-state index < -0.39 is 17.8 Å². The highest BCUT2D eigenvalue weighted by Crippen LogP contribution is 2.37. The van der Waals surface area contributed by atoms with Crippen LogP contribution in [0.2, 0.25) is 0 Å². The fraction of sp³-hybridized carbons (Fsp3) is 0.364. The van der Waals surface area contributed by atoms with Gasteiger partial charge in [0.1, 0.15) is 11.4 Å². The lowest BCUT2D eigenvalue weighted by atomic mass is 10.1. The van der Waals surface area contributed by atoms with E-state index in [0.29, 0.717) is 24.5 Å². The van der Waals surface area contributed by atoms with Crippen LogP contribution < -0.4 is 15.0 Å². The molecule has 2 aromatic rings. The number of rotatable bonds is 4. The summed E-state index contributed by atoms with van der Waals surface area (Å²) >= 11 is 0. The summed E-state index contributed by atoms with van der Waals surface area (Å²) in [5.41, 5.74) is 1.99. The lowest BCUT2D eigenvalue weighted by molar-refractivity contribution is -0.123. The Bertz CT molecular complexity index is 859. The van der Waals surface area contributed by atoms with Crippen LogP contribution in [0.25, 0.3) is 0 Å². The van der Waals surface area contributed by atoms with Gasteiger partial charge in [0, 0.05) is 12.2 Å². The highest BCUT2D eigenvalue weighted by Gasteiger charge is 2.29. The number of benzene rings is 2. The van der Waals surface area contributed by atoms with Gasteiger partial charge in [-0.05, 0) is 51.5 Å². The normalized spacial score (nSPS) is 16.0. The van der Waals surface area contributed by atoms with Crippen LogP contribution in [0, 0.1) is 0 Å². The minimum atomic E-state index is -0.574. The minimum absolute atomic E-state index is 0.0142. The monoisotopic (exact) mass is 382 g/mol. The topological polar surface area (TPSA) is 67.9 Å². The van der Waals surface area contributed by atoms with Gasteiger partial charge >= 0.3 is 6.09 Å². The Morgan fingerprint density at radius 1 is 1.18 bits per heavy atom. The molecule has 0 saturated heterocycles. The molecule has 1 amide bonds. The summed E-state index contributed by atoms with van der Waals surface area (Å²) in [6.45, 7) is 8.07. The molecule has 6 nitrogen and oxygen atoms in total. The first kappa shape index (κ1) is 19.7. The van der Waals surface area contributed by atoms with Crippen LogP contribution in [0.15, 0.2) is 48.5 Å². The molecule has 1 heterocycles. The molecule has 2 aromatic carbocycles. The van der Waals surface area contributed by atoms with E-state index in [0.717, 1.165) is 11.3 Å². The van der Waals surface area contributed by atoms with Gasteiger partial charge < -0.3 is 14.4 Å². The molecule has 28 heavy (non-hydrogen) atoms.